The van der Waals surface area contributed by atoms with Gasteiger partial charge in [0.25, 0.3) is 0 Å². The lowest BCUT2D eigenvalue weighted by Crippen LogP contribution is -2.56. The summed E-state index contributed by atoms with van der Waals surface area (Å²) in [7, 11) is -2.01. The molecule has 0 atom stereocenters. The van der Waals surface area contributed by atoms with Gasteiger partial charge >= 0.3 is 8.56 Å². The Morgan fingerprint density at radius 2 is 1.71 bits per heavy atom. The van der Waals surface area contributed by atoms with Gasteiger partial charge < -0.3 is 13.6 Å². The largest absolute Gasteiger partial charge is 0.394 e. The maximum absolute atomic E-state index is 5.97. The molecule has 0 saturated carbocycles. The van der Waals surface area contributed by atoms with Gasteiger partial charge in [0.2, 0.25) is 0 Å². The Balaban J connectivity index is 2.70. The van der Waals surface area contributed by atoms with Crippen molar-refractivity contribution in [2.75, 3.05) is 26.4 Å². The van der Waals surface area contributed by atoms with E-state index in [1.807, 2.05) is 13.8 Å². The molecule has 1 saturated heterocycles. The van der Waals surface area contributed by atoms with Crippen molar-refractivity contribution >= 4 is 8.56 Å². The molecule has 0 aliphatic carbocycles. The van der Waals surface area contributed by atoms with Crippen LogP contribution in [0.4, 0.5) is 0 Å². The molecule has 84 valence electrons. The molecule has 1 aliphatic heterocycles. The molecule has 0 aromatic carbocycles. The first-order valence-electron chi connectivity index (χ1n) is 5.53. The highest BCUT2D eigenvalue weighted by Gasteiger charge is 2.51. The Morgan fingerprint density at radius 3 is 1.93 bits per heavy atom. The highest BCUT2D eigenvalue weighted by atomic mass is 28.4. The molecule has 1 aliphatic rings. The van der Waals surface area contributed by atoms with Gasteiger partial charge in [-0.15, -0.1) is 0 Å². The van der Waals surface area contributed by atoms with Crippen molar-refractivity contribution in [2.45, 2.75) is 38.8 Å². The smallest absolute Gasteiger partial charge is 0.348 e. The molecule has 0 bridgehead atoms. The minimum Gasteiger partial charge on any atom is -0.394 e. The SMILES string of the molecule is CCO[Si](OCC)(C(C)C)C1COC1. The molecule has 4 heteroatoms. The second-order valence-electron chi connectivity index (χ2n) is 3.98. The van der Waals surface area contributed by atoms with Crippen LogP contribution in [-0.4, -0.2) is 35.0 Å². The van der Waals surface area contributed by atoms with Gasteiger partial charge in [-0.2, -0.15) is 0 Å². The van der Waals surface area contributed by atoms with Crippen LogP contribution in [0.15, 0.2) is 0 Å². The van der Waals surface area contributed by atoms with E-state index in [1.165, 1.54) is 0 Å². The summed E-state index contributed by atoms with van der Waals surface area (Å²) in [6.07, 6.45) is 0. The van der Waals surface area contributed by atoms with Crippen LogP contribution in [0, 0.1) is 0 Å². The highest BCUT2D eigenvalue weighted by molar-refractivity contribution is 6.70. The monoisotopic (exact) mass is 218 g/mol. The van der Waals surface area contributed by atoms with Gasteiger partial charge in [0.15, 0.2) is 0 Å². The molecule has 14 heavy (non-hydrogen) atoms. The Labute approximate surface area is 88.0 Å². The van der Waals surface area contributed by atoms with E-state index in [2.05, 4.69) is 13.8 Å². The normalized spacial score (nSPS) is 18.6. The van der Waals surface area contributed by atoms with Crippen molar-refractivity contribution in [3.63, 3.8) is 0 Å². The molecule has 0 aromatic rings. The fourth-order valence-corrected chi connectivity index (χ4v) is 5.77. The van der Waals surface area contributed by atoms with Crippen LogP contribution in [0.25, 0.3) is 0 Å². The molecule has 0 unspecified atom stereocenters. The molecule has 1 rings (SSSR count). The van der Waals surface area contributed by atoms with Crippen molar-refractivity contribution in [3.05, 3.63) is 0 Å². The van der Waals surface area contributed by atoms with Gasteiger partial charge in [-0.3, -0.25) is 0 Å². The van der Waals surface area contributed by atoms with E-state index in [9.17, 15) is 0 Å². The zero-order valence-corrected chi connectivity index (χ0v) is 10.7. The summed E-state index contributed by atoms with van der Waals surface area (Å²) in [5.41, 5.74) is 1.03. The van der Waals surface area contributed by atoms with E-state index < -0.39 is 8.56 Å². The third-order valence-corrected chi connectivity index (χ3v) is 7.31. The average Bonchev–Trinajstić information content (AvgIpc) is 2.01. The second-order valence-corrected chi connectivity index (χ2v) is 7.97. The lowest BCUT2D eigenvalue weighted by Gasteiger charge is -2.43. The van der Waals surface area contributed by atoms with Crippen LogP contribution in [0.1, 0.15) is 27.7 Å². The maximum Gasteiger partial charge on any atom is 0.348 e. The third kappa shape index (κ3) is 2.19. The first-order chi connectivity index (χ1) is 6.67. The van der Waals surface area contributed by atoms with Crippen molar-refractivity contribution in [3.8, 4) is 0 Å². The Bertz CT molecular complexity index is 163. The lowest BCUT2D eigenvalue weighted by atomic mass is 10.4. The summed E-state index contributed by atoms with van der Waals surface area (Å²) < 4.78 is 17.2. The van der Waals surface area contributed by atoms with Gasteiger partial charge in [-0.25, -0.2) is 0 Å². The van der Waals surface area contributed by atoms with Gasteiger partial charge in [0, 0.05) is 18.8 Å². The average molecular weight is 218 g/mol. The fourth-order valence-electron chi connectivity index (χ4n) is 2.00. The zero-order valence-electron chi connectivity index (χ0n) is 9.71. The first kappa shape index (κ1) is 12.2. The molecule has 1 fully saturated rings. The van der Waals surface area contributed by atoms with E-state index in [0.717, 1.165) is 26.4 Å². The molecule has 0 radical (unpaired) electrons. The zero-order chi connectivity index (χ0) is 10.6. The van der Waals surface area contributed by atoms with Crippen LogP contribution >= 0.6 is 0 Å². The summed E-state index contributed by atoms with van der Waals surface area (Å²) in [5.74, 6) is 0. The standard InChI is InChI=1S/C10H22O3Si/c1-5-12-14(9(3)4,13-6-2)10-7-11-8-10/h9-10H,5-8H2,1-4H3. The van der Waals surface area contributed by atoms with Crippen LogP contribution < -0.4 is 0 Å². The first-order valence-corrected chi connectivity index (χ1v) is 7.50. The van der Waals surface area contributed by atoms with E-state index >= 15 is 0 Å². The van der Waals surface area contributed by atoms with Gasteiger partial charge in [-0.05, 0) is 19.4 Å². The molecule has 1 heterocycles. The van der Waals surface area contributed by atoms with Crippen molar-refractivity contribution in [1.29, 1.82) is 0 Å². The van der Waals surface area contributed by atoms with Crippen molar-refractivity contribution < 1.29 is 13.6 Å². The Hall–Kier alpha value is 0.0969. The molecule has 0 aromatic heterocycles. The van der Waals surface area contributed by atoms with Gasteiger partial charge in [0.05, 0.1) is 13.2 Å². The molecular weight excluding hydrogens is 196 g/mol. The molecule has 0 amide bonds. The van der Waals surface area contributed by atoms with E-state index in [4.69, 9.17) is 13.6 Å². The summed E-state index contributed by atoms with van der Waals surface area (Å²) in [6.45, 7) is 11.6. The summed E-state index contributed by atoms with van der Waals surface area (Å²) >= 11 is 0. The minimum atomic E-state index is -2.01. The van der Waals surface area contributed by atoms with E-state index in [-0.39, 0.29) is 0 Å². The van der Waals surface area contributed by atoms with Crippen LogP contribution in [-0.2, 0) is 13.6 Å². The molecule has 0 spiro atoms. The van der Waals surface area contributed by atoms with E-state index in [1.54, 1.807) is 0 Å². The van der Waals surface area contributed by atoms with Crippen LogP contribution in [0.5, 0.6) is 0 Å². The van der Waals surface area contributed by atoms with Crippen LogP contribution in [0.3, 0.4) is 0 Å². The van der Waals surface area contributed by atoms with Crippen molar-refractivity contribution in [2.24, 2.45) is 0 Å². The summed E-state index contributed by atoms with van der Waals surface area (Å²) in [4.78, 5) is 0. The number of rotatable bonds is 6. The predicted molar refractivity (Wildman–Crippen MR) is 58.7 cm³/mol. The molecule has 0 N–H and O–H groups in total. The fraction of sp³-hybridized carbons (Fsp3) is 1.00. The number of hydrogen-bond donors (Lipinski definition) is 0. The van der Waals surface area contributed by atoms with Gasteiger partial charge in [-0.1, -0.05) is 13.8 Å². The second kappa shape index (κ2) is 5.26. The third-order valence-electron chi connectivity index (χ3n) is 2.75. The molecular formula is C10H22O3Si. The summed E-state index contributed by atoms with van der Waals surface area (Å²) in [5, 5.41) is 0. The quantitative estimate of drug-likeness (QED) is 0.640. The predicted octanol–water partition coefficient (Wildman–Crippen LogP) is 2.31. The maximum atomic E-state index is 5.97. The Kier molecular flexibility index (Phi) is 4.57. The molecule has 3 nitrogen and oxygen atoms in total. The number of ether oxygens (including phenoxy) is 1. The lowest BCUT2D eigenvalue weighted by molar-refractivity contribution is 0.00540. The highest BCUT2D eigenvalue weighted by Crippen LogP contribution is 2.39. The summed E-state index contributed by atoms with van der Waals surface area (Å²) in [6, 6.07) is 0. The topological polar surface area (TPSA) is 27.7 Å². The van der Waals surface area contributed by atoms with Gasteiger partial charge in [0.1, 0.15) is 0 Å². The van der Waals surface area contributed by atoms with Crippen LogP contribution in [0.2, 0.25) is 11.1 Å². The number of hydrogen-bond acceptors (Lipinski definition) is 3. The van der Waals surface area contributed by atoms with E-state index in [0.29, 0.717) is 11.1 Å². The Morgan fingerprint density at radius 1 is 1.21 bits per heavy atom. The van der Waals surface area contributed by atoms with Crippen molar-refractivity contribution in [1.82, 2.24) is 0 Å². The minimum absolute atomic E-state index is 0.497.